The van der Waals surface area contributed by atoms with E-state index in [1.54, 1.807) is 11.1 Å². The summed E-state index contributed by atoms with van der Waals surface area (Å²) >= 11 is 0. The van der Waals surface area contributed by atoms with E-state index in [1.165, 1.54) is 0 Å². The largest absolute Gasteiger partial charge is 0.338 e. The van der Waals surface area contributed by atoms with Gasteiger partial charge in [-0.1, -0.05) is 0 Å². The van der Waals surface area contributed by atoms with Gasteiger partial charge in [0.25, 0.3) is 0 Å². The molecule has 2 rings (SSSR count). The predicted molar refractivity (Wildman–Crippen MR) is 69.9 cm³/mol. The summed E-state index contributed by atoms with van der Waals surface area (Å²) in [5.74, 6) is 1.26. The Labute approximate surface area is 108 Å². The maximum Gasteiger partial charge on any atom is 0.227 e. The highest BCUT2D eigenvalue weighted by atomic mass is 16.2. The fourth-order valence-electron chi connectivity index (χ4n) is 2.36. The molecule has 0 radical (unpaired) electrons. The Kier molecular flexibility index (Phi) is 4.01. The van der Waals surface area contributed by atoms with Crippen LogP contribution in [-0.4, -0.2) is 40.0 Å². The summed E-state index contributed by atoms with van der Waals surface area (Å²) in [6, 6.07) is 0.536. The summed E-state index contributed by atoms with van der Waals surface area (Å²) < 4.78 is 1.95. The van der Waals surface area contributed by atoms with Gasteiger partial charge in [0.2, 0.25) is 5.91 Å². The van der Waals surface area contributed by atoms with Gasteiger partial charge in [-0.05, 0) is 19.8 Å². The predicted octanol–water partition coefficient (Wildman–Crippen LogP) is 0.767. The average molecular weight is 250 g/mol. The third-order valence-electron chi connectivity index (χ3n) is 3.69. The van der Waals surface area contributed by atoms with Crippen molar-refractivity contribution in [1.82, 2.24) is 19.8 Å². The van der Waals surface area contributed by atoms with Crippen molar-refractivity contribution in [3.8, 4) is 0 Å². The molecule has 1 aliphatic heterocycles. The van der Waals surface area contributed by atoms with Crippen molar-refractivity contribution in [2.45, 2.75) is 32.4 Å². The fraction of sp³-hybridized carbons (Fsp3) is 0.692. The topological polar surface area (TPSA) is 50.2 Å². The number of aryl methyl sites for hydroxylation is 1. The summed E-state index contributed by atoms with van der Waals surface area (Å²) in [7, 11) is 3.81. The molecule has 0 spiro atoms. The molecule has 1 aromatic rings. The first kappa shape index (κ1) is 13.1. The van der Waals surface area contributed by atoms with Gasteiger partial charge < -0.3 is 14.8 Å². The first-order valence-electron chi connectivity index (χ1n) is 6.52. The minimum Gasteiger partial charge on any atom is -0.338 e. The second kappa shape index (κ2) is 5.52. The van der Waals surface area contributed by atoms with E-state index in [-0.39, 0.29) is 11.8 Å². The molecule has 5 heteroatoms. The number of hydrogen-bond acceptors (Lipinski definition) is 3. The lowest BCUT2D eigenvalue weighted by Crippen LogP contribution is -2.44. The highest BCUT2D eigenvalue weighted by Gasteiger charge is 2.26. The van der Waals surface area contributed by atoms with Crippen LogP contribution in [0.15, 0.2) is 12.4 Å². The molecule has 2 unspecified atom stereocenters. The molecule has 18 heavy (non-hydrogen) atoms. The van der Waals surface area contributed by atoms with Crippen LogP contribution in [0.25, 0.3) is 0 Å². The molecular weight excluding hydrogens is 228 g/mol. The number of piperidine rings is 1. The zero-order valence-electron chi connectivity index (χ0n) is 11.4. The highest BCUT2D eigenvalue weighted by molar-refractivity contribution is 5.78. The van der Waals surface area contributed by atoms with Gasteiger partial charge in [-0.2, -0.15) is 0 Å². The van der Waals surface area contributed by atoms with Gasteiger partial charge in [-0.25, -0.2) is 4.98 Å². The number of imidazole rings is 1. The van der Waals surface area contributed by atoms with Crippen LogP contribution in [0.5, 0.6) is 0 Å². The molecule has 100 valence electrons. The van der Waals surface area contributed by atoms with Crippen LogP contribution in [0.2, 0.25) is 0 Å². The highest BCUT2D eigenvalue weighted by Crippen LogP contribution is 2.17. The van der Waals surface area contributed by atoms with E-state index in [4.69, 9.17) is 0 Å². The molecule has 1 aliphatic rings. The standard InChI is InChI=1S/C13H22N4O/c1-10-4-5-11(8-15-10)13(18)17(3)9-12-14-6-7-16(12)2/h6-7,10-11,15H,4-5,8-9H2,1-3H3. The lowest BCUT2D eigenvalue weighted by Gasteiger charge is -2.29. The van der Waals surface area contributed by atoms with Crippen molar-refractivity contribution in [3.05, 3.63) is 18.2 Å². The van der Waals surface area contributed by atoms with E-state index in [0.29, 0.717) is 12.6 Å². The van der Waals surface area contributed by atoms with E-state index in [2.05, 4.69) is 17.2 Å². The van der Waals surface area contributed by atoms with Crippen molar-refractivity contribution in [2.24, 2.45) is 13.0 Å². The number of nitrogens with zero attached hydrogens (tertiary/aromatic N) is 3. The van der Waals surface area contributed by atoms with Crippen LogP contribution < -0.4 is 5.32 Å². The van der Waals surface area contributed by atoms with Gasteiger partial charge in [0.05, 0.1) is 12.5 Å². The summed E-state index contributed by atoms with van der Waals surface area (Å²) in [5, 5.41) is 3.37. The van der Waals surface area contributed by atoms with E-state index in [0.717, 1.165) is 25.2 Å². The van der Waals surface area contributed by atoms with Crippen molar-refractivity contribution >= 4 is 5.91 Å². The number of amides is 1. The smallest absolute Gasteiger partial charge is 0.227 e. The molecule has 2 atom stereocenters. The molecule has 0 aliphatic carbocycles. The Bertz CT molecular complexity index is 407. The summed E-state index contributed by atoms with van der Waals surface area (Å²) in [6.45, 7) is 3.54. The Morgan fingerprint density at radius 2 is 2.39 bits per heavy atom. The molecule has 1 saturated heterocycles. The van der Waals surface area contributed by atoms with Crippen LogP contribution in [0.3, 0.4) is 0 Å². The number of carbonyl (C=O) groups is 1. The van der Waals surface area contributed by atoms with Crippen LogP contribution in [0.4, 0.5) is 0 Å². The number of carbonyl (C=O) groups excluding carboxylic acids is 1. The van der Waals surface area contributed by atoms with Crippen molar-refractivity contribution in [2.75, 3.05) is 13.6 Å². The Morgan fingerprint density at radius 1 is 1.61 bits per heavy atom. The second-order valence-electron chi connectivity index (χ2n) is 5.23. The second-order valence-corrected chi connectivity index (χ2v) is 5.23. The van der Waals surface area contributed by atoms with Crippen molar-refractivity contribution in [3.63, 3.8) is 0 Å². The molecule has 1 amide bonds. The van der Waals surface area contributed by atoms with Crippen LogP contribution in [-0.2, 0) is 18.4 Å². The van der Waals surface area contributed by atoms with E-state index < -0.39 is 0 Å². The van der Waals surface area contributed by atoms with Gasteiger partial charge in [-0.15, -0.1) is 0 Å². The number of aromatic nitrogens is 2. The van der Waals surface area contributed by atoms with Crippen LogP contribution >= 0.6 is 0 Å². The number of hydrogen-bond donors (Lipinski definition) is 1. The SMILES string of the molecule is CC1CCC(C(=O)N(C)Cc2nccn2C)CN1. The van der Waals surface area contributed by atoms with Crippen LogP contribution in [0.1, 0.15) is 25.6 Å². The van der Waals surface area contributed by atoms with E-state index >= 15 is 0 Å². The molecule has 2 heterocycles. The van der Waals surface area contributed by atoms with Gasteiger partial charge in [0, 0.05) is 39.1 Å². The Morgan fingerprint density at radius 3 is 2.94 bits per heavy atom. The number of nitrogens with one attached hydrogen (secondary N) is 1. The first-order valence-corrected chi connectivity index (χ1v) is 6.52. The Balaban J connectivity index is 1.91. The van der Waals surface area contributed by atoms with E-state index in [9.17, 15) is 4.79 Å². The molecule has 1 aromatic heterocycles. The third-order valence-corrected chi connectivity index (χ3v) is 3.69. The third kappa shape index (κ3) is 2.90. The fourth-order valence-corrected chi connectivity index (χ4v) is 2.36. The quantitative estimate of drug-likeness (QED) is 0.862. The summed E-state index contributed by atoms with van der Waals surface area (Å²) in [5.41, 5.74) is 0. The van der Waals surface area contributed by atoms with Crippen LogP contribution in [0, 0.1) is 5.92 Å². The minimum atomic E-state index is 0.117. The van der Waals surface area contributed by atoms with Crippen molar-refractivity contribution in [1.29, 1.82) is 0 Å². The number of rotatable bonds is 3. The lowest BCUT2D eigenvalue weighted by molar-refractivity contribution is -0.135. The van der Waals surface area contributed by atoms with Crippen molar-refractivity contribution < 1.29 is 4.79 Å². The van der Waals surface area contributed by atoms with E-state index in [1.807, 2.05) is 24.9 Å². The van der Waals surface area contributed by atoms with Gasteiger partial charge in [0.1, 0.15) is 5.82 Å². The molecular formula is C13H22N4O. The molecule has 5 nitrogen and oxygen atoms in total. The first-order chi connectivity index (χ1) is 8.58. The van der Waals surface area contributed by atoms with Gasteiger partial charge in [-0.3, -0.25) is 4.79 Å². The molecule has 0 saturated carbocycles. The normalized spacial score (nSPS) is 23.9. The zero-order valence-corrected chi connectivity index (χ0v) is 11.4. The average Bonchev–Trinajstić information content (AvgIpc) is 2.75. The molecule has 0 aromatic carbocycles. The minimum absolute atomic E-state index is 0.117. The summed E-state index contributed by atoms with van der Waals surface area (Å²) in [6.07, 6.45) is 5.72. The zero-order chi connectivity index (χ0) is 13.1. The summed E-state index contributed by atoms with van der Waals surface area (Å²) in [4.78, 5) is 18.3. The van der Waals surface area contributed by atoms with Gasteiger partial charge in [0.15, 0.2) is 0 Å². The monoisotopic (exact) mass is 250 g/mol. The van der Waals surface area contributed by atoms with Gasteiger partial charge >= 0.3 is 0 Å². The molecule has 1 fully saturated rings. The molecule has 1 N–H and O–H groups in total. The maximum absolute atomic E-state index is 12.3. The molecule has 0 bridgehead atoms. The lowest BCUT2D eigenvalue weighted by atomic mass is 9.94. The Hall–Kier alpha value is -1.36. The maximum atomic E-state index is 12.3.